The van der Waals surface area contributed by atoms with Gasteiger partial charge in [0.15, 0.2) is 5.78 Å². The van der Waals surface area contributed by atoms with Crippen LogP contribution in [0.3, 0.4) is 0 Å². The molecule has 2 nitrogen and oxygen atoms in total. The SMILES string of the molecule is Cc1ccc(C(C#N)C(=O)c2scc(C)c2Cl)cc1C. The Morgan fingerprint density at radius 3 is 2.45 bits per heavy atom. The molecule has 1 unspecified atom stereocenters. The molecule has 1 heterocycles. The molecule has 0 radical (unpaired) electrons. The average Bonchev–Trinajstić information content (AvgIpc) is 2.75. The maximum Gasteiger partial charge on any atom is 0.195 e. The topological polar surface area (TPSA) is 40.9 Å². The van der Waals surface area contributed by atoms with Crippen LogP contribution in [0.4, 0.5) is 0 Å². The number of hydrogen-bond donors (Lipinski definition) is 0. The molecule has 0 saturated carbocycles. The van der Waals surface area contributed by atoms with Crippen LogP contribution >= 0.6 is 22.9 Å². The molecule has 102 valence electrons. The Hall–Kier alpha value is -1.63. The fourth-order valence-electron chi connectivity index (χ4n) is 1.96. The lowest BCUT2D eigenvalue weighted by Gasteiger charge is -2.10. The molecule has 0 aliphatic carbocycles. The smallest absolute Gasteiger partial charge is 0.195 e. The predicted molar refractivity (Wildman–Crippen MR) is 82.7 cm³/mol. The highest BCUT2D eigenvalue weighted by atomic mass is 35.5. The summed E-state index contributed by atoms with van der Waals surface area (Å²) >= 11 is 7.43. The summed E-state index contributed by atoms with van der Waals surface area (Å²) in [5.74, 6) is -1.02. The van der Waals surface area contributed by atoms with Crippen LogP contribution in [0.2, 0.25) is 5.02 Å². The van der Waals surface area contributed by atoms with Crippen LogP contribution in [0.5, 0.6) is 0 Å². The third-order valence-corrected chi connectivity index (χ3v) is 5.09. The summed E-state index contributed by atoms with van der Waals surface area (Å²) in [5.41, 5.74) is 3.81. The zero-order valence-electron chi connectivity index (χ0n) is 11.5. The molecule has 0 fully saturated rings. The van der Waals surface area contributed by atoms with Crippen LogP contribution in [0.15, 0.2) is 23.6 Å². The van der Waals surface area contributed by atoms with Gasteiger partial charge in [-0.2, -0.15) is 5.26 Å². The van der Waals surface area contributed by atoms with Crippen LogP contribution in [0.25, 0.3) is 0 Å². The summed E-state index contributed by atoms with van der Waals surface area (Å²) in [6.45, 7) is 5.83. The third kappa shape index (κ3) is 2.63. The molecular weight excluding hydrogens is 290 g/mol. The van der Waals surface area contributed by atoms with Gasteiger partial charge < -0.3 is 0 Å². The lowest BCUT2D eigenvalue weighted by Crippen LogP contribution is -2.10. The quantitative estimate of drug-likeness (QED) is 0.763. The van der Waals surface area contributed by atoms with Crippen molar-refractivity contribution in [3.05, 3.63) is 55.7 Å². The summed E-state index contributed by atoms with van der Waals surface area (Å²) in [5, 5.41) is 11.7. The molecule has 2 rings (SSSR count). The van der Waals surface area contributed by atoms with Gasteiger partial charge in [0.25, 0.3) is 0 Å². The number of aryl methyl sites for hydroxylation is 3. The number of nitriles is 1. The fourth-order valence-corrected chi connectivity index (χ4v) is 3.21. The minimum absolute atomic E-state index is 0.223. The van der Waals surface area contributed by atoms with Crippen LogP contribution in [0.1, 0.15) is 37.8 Å². The third-order valence-electron chi connectivity index (χ3n) is 3.38. The lowest BCUT2D eigenvalue weighted by molar-refractivity contribution is 0.0983. The fraction of sp³-hybridized carbons (Fsp3) is 0.250. The van der Waals surface area contributed by atoms with Gasteiger partial charge in [0.1, 0.15) is 5.92 Å². The van der Waals surface area contributed by atoms with Crippen LogP contribution < -0.4 is 0 Å². The Labute approximate surface area is 127 Å². The molecule has 0 amide bonds. The van der Waals surface area contributed by atoms with E-state index in [1.807, 2.05) is 44.4 Å². The maximum atomic E-state index is 12.5. The molecule has 0 aliphatic heterocycles. The second-order valence-corrected chi connectivity index (χ2v) is 6.09. The molecule has 1 atom stereocenters. The second kappa shape index (κ2) is 5.78. The highest BCUT2D eigenvalue weighted by Crippen LogP contribution is 2.32. The number of hydrogen-bond acceptors (Lipinski definition) is 3. The number of halogens is 1. The number of rotatable bonds is 3. The van der Waals surface area contributed by atoms with Crippen molar-refractivity contribution in [2.24, 2.45) is 0 Å². The van der Waals surface area contributed by atoms with Crippen molar-refractivity contribution in [3.8, 4) is 6.07 Å². The monoisotopic (exact) mass is 303 g/mol. The zero-order chi connectivity index (χ0) is 14.9. The van der Waals surface area contributed by atoms with Crippen molar-refractivity contribution >= 4 is 28.7 Å². The minimum atomic E-state index is -0.801. The highest BCUT2D eigenvalue weighted by Gasteiger charge is 2.25. The number of thiophene rings is 1. The van der Waals surface area contributed by atoms with Gasteiger partial charge in [0, 0.05) is 0 Å². The Bertz CT molecular complexity index is 712. The molecule has 1 aromatic carbocycles. The Balaban J connectivity index is 2.42. The lowest BCUT2D eigenvalue weighted by atomic mass is 9.92. The normalized spacial score (nSPS) is 11.9. The van der Waals surface area contributed by atoms with Gasteiger partial charge in [-0.25, -0.2) is 0 Å². The van der Waals surface area contributed by atoms with E-state index in [9.17, 15) is 10.1 Å². The van der Waals surface area contributed by atoms with Crippen LogP contribution in [-0.2, 0) is 0 Å². The van der Waals surface area contributed by atoms with E-state index in [1.54, 1.807) is 0 Å². The van der Waals surface area contributed by atoms with Gasteiger partial charge >= 0.3 is 0 Å². The van der Waals surface area contributed by atoms with Crippen LogP contribution in [0, 0.1) is 32.1 Å². The first-order chi connectivity index (χ1) is 9.45. The molecule has 0 bridgehead atoms. The molecule has 20 heavy (non-hydrogen) atoms. The first-order valence-electron chi connectivity index (χ1n) is 6.20. The first-order valence-corrected chi connectivity index (χ1v) is 7.46. The van der Waals surface area contributed by atoms with E-state index in [0.717, 1.165) is 22.3 Å². The van der Waals surface area contributed by atoms with Crippen molar-refractivity contribution in [1.82, 2.24) is 0 Å². The largest absolute Gasteiger partial charge is 0.291 e. The first kappa shape index (κ1) is 14.8. The van der Waals surface area contributed by atoms with E-state index >= 15 is 0 Å². The van der Waals surface area contributed by atoms with Crippen LogP contribution in [-0.4, -0.2) is 5.78 Å². The molecule has 0 N–H and O–H groups in total. The van der Waals surface area contributed by atoms with Gasteiger partial charge in [-0.1, -0.05) is 29.8 Å². The van der Waals surface area contributed by atoms with E-state index in [1.165, 1.54) is 11.3 Å². The number of carbonyl (C=O) groups is 1. The zero-order valence-corrected chi connectivity index (χ0v) is 13.1. The maximum absolute atomic E-state index is 12.5. The van der Waals surface area contributed by atoms with Gasteiger partial charge in [0.05, 0.1) is 16.0 Å². The summed E-state index contributed by atoms with van der Waals surface area (Å²) in [7, 11) is 0. The van der Waals surface area contributed by atoms with E-state index in [4.69, 9.17) is 11.6 Å². The number of ketones is 1. The minimum Gasteiger partial charge on any atom is -0.291 e. The van der Waals surface area contributed by atoms with E-state index < -0.39 is 5.92 Å². The summed E-state index contributed by atoms with van der Waals surface area (Å²) < 4.78 is 0. The van der Waals surface area contributed by atoms with Crippen molar-refractivity contribution in [2.75, 3.05) is 0 Å². The van der Waals surface area contributed by atoms with Crippen molar-refractivity contribution < 1.29 is 4.79 Å². The Morgan fingerprint density at radius 1 is 1.25 bits per heavy atom. The summed E-state index contributed by atoms with van der Waals surface area (Å²) in [4.78, 5) is 13.0. The molecular formula is C16H14ClNOS. The molecule has 0 saturated heterocycles. The number of carbonyl (C=O) groups excluding carboxylic acids is 1. The molecule has 2 aromatic rings. The van der Waals surface area contributed by atoms with Crippen molar-refractivity contribution in [2.45, 2.75) is 26.7 Å². The Morgan fingerprint density at radius 2 is 1.95 bits per heavy atom. The number of nitrogens with zero attached hydrogens (tertiary/aromatic N) is 1. The van der Waals surface area contributed by atoms with Crippen molar-refractivity contribution in [1.29, 1.82) is 5.26 Å². The van der Waals surface area contributed by atoms with Gasteiger partial charge in [-0.05, 0) is 48.4 Å². The van der Waals surface area contributed by atoms with E-state index in [2.05, 4.69) is 6.07 Å². The van der Waals surface area contributed by atoms with Gasteiger partial charge in [-0.15, -0.1) is 11.3 Å². The number of Topliss-reactive ketones (excluding diaryl/α,β-unsaturated/α-hetero) is 1. The van der Waals surface area contributed by atoms with Crippen molar-refractivity contribution in [3.63, 3.8) is 0 Å². The molecule has 0 spiro atoms. The highest BCUT2D eigenvalue weighted by molar-refractivity contribution is 7.13. The average molecular weight is 304 g/mol. The van der Waals surface area contributed by atoms with Gasteiger partial charge in [0.2, 0.25) is 0 Å². The molecule has 0 aliphatic rings. The van der Waals surface area contributed by atoms with E-state index in [-0.39, 0.29) is 5.78 Å². The molecule has 4 heteroatoms. The summed E-state index contributed by atoms with van der Waals surface area (Å²) in [6, 6.07) is 7.77. The second-order valence-electron chi connectivity index (χ2n) is 4.83. The van der Waals surface area contributed by atoms with Gasteiger partial charge in [-0.3, -0.25) is 4.79 Å². The standard InChI is InChI=1S/C16H14ClNOS/c1-9-4-5-12(6-10(9)2)13(7-18)15(19)16-14(17)11(3)8-20-16/h4-6,8,13H,1-3H3. The number of benzene rings is 1. The van der Waals surface area contributed by atoms with E-state index in [0.29, 0.717) is 9.90 Å². The predicted octanol–water partition coefficient (Wildman–Crippen LogP) is 4.82. The summed E-state index contributed by atoms with van der Waals surface area (Å²) in [6.07, 6.45) is 0. The Kier molecular flexibility index (Phi) is 4.27. The molecule has 1 aromatic heterocycles.